The standard InChI is InChI=1S/C8H16F4O4Si/c1-13-17(14-2,15-3)6-4-5-16-8(11,12)7(9)10/h7H,4-6H2,1-3H3. The Morgan fingerprint density at radius 1 is 1.06 bits per heavy atom. The summed E-state index contributed by atoms with van der Waals surface area (Å²) in [4.78, 5) is 0. The SMILES string of the molecule is CO[Si](CCCOC(F)(F)C(F)F)(OC)OC. The summed E-state index contributed by atoms with van der Waals surface area (Å²) in [7, 11) is 1.25. The van der Waals surface area contributed by atoms with Gasteiger partial charge in [0.15, 0.2) is 0 Å². The van der Waals surface area contributed by atoms with Gasteiger partial charge in [-0.15, -0.1) is 0 Å². The Kier molecular flexibility index (Phi) is 7.17. The fourth-order valence-electron chi connectivity index (χ4n) is 1.12. The molecular formula is C8H16F4O4Si. The van der Waals surface area contributed by atoms with E-state index in [1.54, 1.807) is 0 Å². The van der Waals surface area contributed by atoms with Gasteiger partial charge in [0.25, 0.3) is 0 Å². The van der Waals surface area contributed by atoms with E-state index in [0.717, 1.165) is 0 Å². The van der Waals surface area contributed by atoms with E-state index in [0.29, 0.717) is 0 Å². The number of hydrogen-bond acceptors (Lipinski definition) is 4. The Balaban J connectivity index is 3.99. The molecule has 0 radical (unpaired) electrons. The van der Waals surface area contributed by atoms with Crippen LogP contribution in [-0.2, 0) is 18.0 Å². The number of halogens is 4. The molecule has 0 fully saturated rings. The predicted molar refractivity (Wildman–Crippen MR) is 53.1 cm³/mol. The summed E-state index contributed by atoms with van der Waals surface area (Å²) in [6.07, 6.45) is -8.18. The summed E-state index contributed by atoms with van der Waals surface area (Å²) in [5, 5.41) is 0. The maximum absolute atomic E-state index is 12.4. The first-order valence-electron chi connectivity index (χ1n) is 4.79. The van der Waals surface area contributed by atoms with Crippen molar-refractivity contribution in [3.63, 3.8) is 0 Å². The van der Waals surface area contributed by atoms with Gasteiger partial charge in [-0.1, -0.05) is 0 Å². The predicted octanol–water partition coefficient (Wildman–Crippen LogP) is 2.13. The van der Waals surface area contributed by atoms with Gasteiger partial charge in [-0.2, -0.15) is 8.78 Å². The van der Waals surface area contributed by atoms with Gasteiger partial charge in [0.05, 0.1) is 6.61 Å². The molecule has 104 valence electrons. The zero-order valence-corrected chi connectivity index (χ0v) is 10.8. The van der Waals surface area contributed by atoms with Gasteiger partial charge in [-0.05, 0) is 6.42 Å². The molecular weight excluding hydrogens is 264 g/mol. The monoisotopic (exact) mass is 280 g/mol. The fraction of sp³-hybridized carbons (Fsp3) is 1.00. The quantitative estimate of drug-likeness (QED) is 0.368. The number of hydrogen-bond donors (Lipinski definition) is 0. The Morgan fingerprint density at radius 3 is 1.88 bits per heavy atom. The number of ether oxygens (including phenoxy) is 1. The van der Waals surface area contributed by atoms with Crippen LogP contribution in [0.25, 0.3) is 0 Å². The van der Waals surface area contributed by atoms with Crippen LogP contribution in [0.15, 0.2) is 0 Å². The first kappa shape index (κ1) is 16.8. The van der Waals surface area contributed by atoms with Gasteiger partial charge < -0.3 is 18.0 Å². The second-order valence-electron chi connectivity index (χ2n) is 3.11. The summed E-state index contributed by atoms with van der Waals surface area (Å²) < 4.78 is 67.0. The topological polar surface area (TPSA) is 36.9 Å². The van der Waals surface area contributed by atoms with Crippen molar-refractivity contribution in [3.8, 4) is 0 Å². The molecule has 0 heterocycles. The average Bonchev–Trinajstić information content (AvgIpc) is 2.30. The second-order valence-corrected chi connectivity index (χ2v) is 6.20. The summed E-state index contributed by atoms with van der Waals surface area (Å²) in [5.41, 5.74) is 0. The Labute approximate surface area is 98.2 Å². The summed E-state index contributed by atoms with van der Waals surface area (Å²) in [6, 6.07) is 0.204. The molecule has 0 bridgehead atoms. The van der Waals surface area contributed by atoms with E-state index in [9.17, 15) is 17.6 Å². The first-order chi connectivity index (χ1) is 7.83. The van der Waals surface area contributed by atoms with Crippen LogP contribution in [0.2, 0.25) is 6.04 Å². The zero-order chi connectivity index (χ0) is 13.5. The molecule has 0 amide bonds. The third-order valence-electron chi connectivity index (χ3n) is 2.11. The van der Waals surface area contributed by atoms with Crippen LogP contribution < -0.4 is 0 Å². The summed E-state index contributed by atoms with van der Waals surface area (Å²) in [6.45, 7) is -0.526. The van der Waals surface area contributed by atoms with E-state index in [1.807, 2.05) is 0 Å². The summed E-state index contributed by atoms with van der Waals surface area (Å²) >= 11 is 0. The van der Waals surface area contributed by atoms with Crippen LogP contribution >= 0.6 is 0 Å². The molecule has 0 aromatic carbocycles. The number of rotatable bonds is 9. The van der Waals surface area contributed by atoms with Gasteiger partial charge in [0, 0.05) is 27.4 Å². The van der Waals surface area contributed by atoms with Crippen molar-refractivity contribution in [2.75, 3.05) is 27.9 Å². The highest BCUT2D eigenvalue weighted by atomic mass is 28.4. The normalized spacial score (nSPS) is 13.4. The van der Waals surface area contributed by atoms with Crippen LogP contribution in [0.3, 0.4) is 0 Å². The summed E-state index contributed by atoms with van der Waals surface area (Å²) in [5.74, 6) is 0. The van der Waals surface area contributed by atoms with E-state index in [1.165, 1.54) is 21.3 Å². The highest BCUT2D eigenvalue weighted by Gasteiger charge is 2.43. The van der Waals surface area contributed by atoms with E-state index < -0.39 is 27.9 Å². The molecule has 9 heteroatoms. The Hall–Kier alpha value is -0.223. The van der Waals surface area contributed by atoms with Gasteiger partial charge in [-0.25, -0.2) is 8.78 Å². The molecule has 0 aromatic rings. The van der Waals surface area contributed by atoms with E-state index in [-0.39, 0.29) is 12.5 Å². The smallest absolute Gasteiger partial charge is 0.377 e. The van der Waals surface area contributed by atoms with Crippen LogP contribution in [-0.4, -0.2) is 49.3 Å². The van der Waals surface area contributed by atoms with Gasteiger partial charge in [0.1, 0.15) is 0 Å². The molecule has 0 aliphatic heterocycles. The molecule has 0 unspecified atom stereocenters. The second kappa shape index (κ2) is 7.26. The lowest BCUT2D eigenvalue weighted by Gasteiger charge is -2.24. The molecule has 0 aromatic heterocycles. The van der Waals surface area contributed by atoms with E-state index >= 15 is 0 Å². The fourth-order valence-corrected chi connectivity index (χ4v) is 2.81. The molecule has 0 aliphatic rings. The third kappa shape index (κ3) is 5.30. The van der Waals surface area contributed by atoms with Gasteiger partial charge >= 0.3 is 21.3 Å². The molecule has 0 saturated carbocycles. The van der Waals surface area contributed by atoms with Crippen LogP contribution in [0.1, 0.15) is 6.42 Å². The zero-order valence-electron chi connectivity index (χ0n) is 9.84. The molecule has 0 aliphatic carbocycles. The minimum absolute atomic E-state index is 0.0735. The van der Waals surface area contributed by atoms with Gasteiger partial charge in [-0.3, -0.25) is 0 Å². The van der Waals surface area contributed by atoms with Crippen molar-refractivity contribution in [1.29, 1.82) is 0 Å². The molecule has 17 heavy (non-hydrogen) atoms. The lowest BCUT2D eigenvalue weighted by molar-refractivity contribution is -0.300. The molecule has 0 atom stereocenters. The van der Waals surface area contributed by atoms with Crippen molar-refractivity contribution in [3.05, 3.63) is 0 Å². The molecule has 0 spiro atoms. The molecule has 0 rings (SSSR count). The van der Waals surface area contributed by atoms with Crippen molar-refractivity contribution < 1.29 is 35.6 Å². The van der Waals surface area contributed by atoms with E-state index in [4.69, 9.17) is 13.3 Å². The first-order valence-corrected chi connectivity index (χ1v) is 6.72. The van der Waals surface area contributed by atoms with Crippen LogP contribution in [0.4, 0.5) is 17.6 Å². The molecule has 4 nitrogen and oxygen atoms in total. The maximum Gasteiger partial charge on any atom is 0.500 e. The third-order valence-corrected chi connectivity index (χ3v) is 4.94. The van der Waals surface area contributed by atoms with Crippen molar-refractivity contribution in [2.45, 2.75) is 25.0 Å². The minimum Gasteiger partial charge on any atom is -0.377 e. The highest BCUT2D eigenvalue weighted by molar-refractivity contribution is 6.60. The molecule has 0 saturated heterocycles. The van der Waals surface area contributed by atoms with Crippen molar-refractivity contribution in [1.82, 2.24) is 0 Å². The highest BCUT2D eigenvalue weighted by Crippen LogP contribution is 2.25. The minimum atomic E-state index is -4.42. The van der Waals surface area contributed by atoms with Gasteiger partial charge in [0.2, 0.25) is 0 Å². The lowest BCUT2D eigenvalue weighted by atomic mass is 10.5. The molecule has 0 N–H and O–H groups in total. The average molecular weight is 280 g/mol. The number of alkyl halides is 4. The van der Waals surface area contributed by atoms with Crippen LogP contribution in [0.5, 0.6) is 0 Å². The van der Waals surface area contributed by atoms with Crippen molar-refractivity contribution >= 4 is 8.80 Å². The Bertz CT molecular complexity index is 205. The Morgan fingerprint density at radius 2 is 1.53 bits per heavy atom. The van der Waals surface area contributed by atoms with Crippen LogP contribution in [0, 0.1) is 0 Å². The van der Waals surface area contributed by atoms with E-state index in [2.05, 4.69) is 4.74 Å². The maximum atomic E-state index is 12.4. The van der Waals surface area contributed by atoms with Crippen molar-refractivity contribution in [2.24, 2.45) is 0 Å². The lowest BCUT2D eigenvalue weighted by Crippen LogP contribution is -2.43. The largest absolute Gasteiger partial charge is 0.500 e.